The van der Waals surface area contributed by atoms with Gasteiger partial charge in [0.25, 0.3) is 0 Å². The van der Waals surface area contributed by atoms with Crippen LogP contribution in [0.5, 0.6) is 0 Å². The second kappa shape index (κ2) is 9.88. The Morgan fingerprint density at radius 3 is 2.49 bits per heavy atom. The highest BCUT2D eigenvalue weighted by atomic mass is 35.5. The molecule has 2 aromatic heterocycles. The van der Waals surface area contributed by atoms with Crippen LogP contribution in [0.4, 0.5) is 5.69 Å². The Balaban J connectivity index is 1.42. The Bertz CT molecular complexity index is 1330. The Hall–Kier alpha value is -1.55. The molecule has 1 saturated carbocycles. The lowest BCUT2D eigenvalue weighted by Gasteiger charge is -2.23. The molecule has 0 amide bonds. The molecule has 3 fully saturated rings. The predicted molar refractivity (Wildman–Crippen MR) is 131 cm³/mol. The highest BCUT2D eigenvalue weighted by molar-refractivity contribution is 7.70. The van der Waals surface area contributed by atoms with Crippen molar-refractivity contribution < 1.29 is 43.3 Å². The molecule has 0 radical (unpaired) electrons. The lowest BCUT2D eigenvalue weighted by atomic mass is 10.0. The minimum absolute atomic E-state index is 0.00594. The van der Waals surface area contributed by atoms with Gasteiger partial charge in [0.05, 0.1) is 12.3 Å². The number of nitrogens with zero attached hydrogens (tertiary/aromatic N) is 4. The molecule has 5 rings (SSSR count). The van der Waals surface area contributed by atoms with E-state index in [1.54, 1.807) is 12.3 Å². The van der Waals surface area contributed by atoms with Crippen LogP contribution in [-0.4, -0.2) is 78.4 Å². The summed E-state index contributed by atoms with van der Waals surface area (Å²) in [6, 6.07) is 3.89. The maximum Gasteiger partial charge on any atom is 0.340 e. The van der Waals surface area contributed by atoms with E-state index in [0.29, 0.717) is 28.6 Å². The molecule has 2 saturated heterocycles. The SMILES string of the molecule is N#Cc1c(Cl)nc2c(ccn2[C@@H]2O[C@H](COP(=O)(O)CP(=O)(O)O)[C@@H](O)[C@H]2O)c1N1CC2CCCC2C1. The summed E-state index contributed by atoms with van der Waals surface area (Å²) in [7, 11) is -9.51. The second-order valence-electron chi connectivity index (χ2n) is 9.84. The van der Waals surface area contributed by atoms with Gasteiger partial charge in [0.15, 0.2) is 17.3 Å². The molecule has 16 heteroatoms. The zero-order valence-corrected chi connectivity index (χ0v) is 22.0. The molecule has 3 aliphatic rings. The van der Waals surface area contributed by atoms with Crippen molar-refractivity contribution >= 4 is 43.5 Å². The summed E-state index contributed by atoms with van der Waals surface area (Å²) in [5.41, 5.74) is 1.25. The smallest absolute Gasteiger partial charge is 0.340 e. The maximum absolute atomic E-state index is 12.0. The van der Waals surface area contributed by atoms with Crippen molar-refractivity contribution in [3.05, 3.63) is 23.0 Å². The summed E-state index contributed by atoms with van der Waals surface area (Å²) in [6.45, 7) is 0.906. The number of hydrogen-bond acceptors (Lipinski definition) is 9. The lowest BCUT2D eigenvalue weighted by molar-refractivity contribution is -0.0481. The minimum Gasteiger partial charge on any atom is -0.387 e. The average molecular weight is 577 g/mol. The quantitative estimate of drug-likeness (QED) is 0.237. The molecule has 0 spiro atoms. The fraction of sp³-hybridized carbons (Fsp3) is 0.619. The third-order valence-electron chi connectivity index (χ3n) is 7.36. The fourth-order valence-corrected chi connectivity index (χ4v) is 8.51. The van der Waals surface area contributed by atoms with Gasteiger partial charge in [-0.2, -0.15) is 5.26 Å². The largest absolute Gasteiger partial charge is 0.387 e. The van der Waals surface area contributed by atoms with Crippen molar-refractivity contribution in [3.63, 3.8) is 0 Å². The van der Waals surface area contributed by atoms with Gasteiger partial charge in [-0.1, -0.05) is 18.0 Å². The van der Waals surface area contributed by atoms with E-state index in [0.717, 1.165) is 25.9 Å². The number of fused-ring (bicyclic) bond motifs is 2. The van der Waals surface area contributed by atoms with E-state index in [1.165, 1.54) is 11.0 Å². The maximum atomic E-state index is 12.0. The zero-order valence-electron chi connectivity index (χ0n) is 19.5. The second-order valence-corrected chi connectivity index (χ2v) is 14.2. The van der Waals surface area contributed by atoms with E-state index < -0.39 is 52.2 Å². The first kappa shape index (κ1) is 27.0. The molecular formula is C21H27ClN4O9P2. The number of aliphatic hydroxyl groups excluding tert-OH is 2. The first-order valence-corrected chi connectivity index (χ1v) is 15.7. The van der Waals surface area contributed by atoms with Crippen LogP contribution in [0.15, 0.2) is 12.3 Å². The number of hydrogen-bond donors (Lipinski definition) is 5. The van der Waals surface area contributed by atoms with Crippen molar-refractivity contribution in [2.24, 2.45) is 11.8 Å². The summed E-state index contributed by atoms with van der Waals surface area (Å²) < 4.78 is 35.0. The zero-order chi connectivity index (χ0) is 26.7. The molecule has 0 aromatic carbocycles. The van der Waals surface area contributed by atoms with E-state index >= 15 is 0 Å². The van der Waals surface area contributed by atoms with E-state index in [2.05, 4.69) is 16.0 Å². The summed E-state index contributed by atoms with van der Waals surface area (Å²) in [6.07, 6.45) is -0.409. The number of nitriles is 1. The number of pyridine rings is 1. The molecule has 202 valence electrons. The van der Waals surface area contributed by atoms with Gasteiger partial charge >= 0.3 is 15.2 Å². The van der Waals surface area contributed by atoms with E-state index in [9.17, 15) is 29.5 Å². The molecule has 3 unspecified atom stereocenters. The number of aromatic nitrogens is 2. The van der Waals surface area contributed by atoms with Crippen molar-refractivity contribution in [1.82, 2.24) is 9.55 Å². The van der Waals surface area contributed by atoms with E-state index in [1.807, 2.05) is 0 Å². The highest BCUT2D eigenvalue weighted by Gasteiger charge is 2.46. The van der Waals surface area contributed by atoms with Gasteiger partial charge < -0.3 is 43.6 Å². The molecule has 13 nitrogen and oxygen atoms in total. The molecule has 1 aliphatic carbocycles. The van der Waals surface area contributed by atoms with Gasteiger partial charge in [-0.25, -0.2) is 4.98 Å². The first-order valence-electron chi connectivity index (χ1n) is 11.8. The molecular weight excluding hydrogens is 550 g/mol. The molecule has 37 heavy (non-hydrogen) atoms. The Morgan fingerprint density at radius 1 is 1.19 bits per heavy atom. The van der Waals surface area contributed by atoms with Crippen molar-refractivity contribution in [3.8, 4) is 6.07 Å². The van der Waals surface area contributed by atoms with Crippen LogP contribution in [0.25, 0.3) is 11.0 Å². The molecule has 2 aromatic rings. The van der Waals surface area contributed by atoms with Gasteiger partial charge in [-0.3, -0.25) is 9.13 Å². The average Bonchev–Trinajstić information content (AvgIpc) is 3.55. The number of rotatable bonds is 7. The first-order chi connectivity index (χ1) is 17.4. The van der Waals surface area contributed by atoms with Gasteiger partial charge in [0.1, 0.15) is 35.6 Å². The third-order valence-corrected chi connectivity index (χ3v) is 11.1. The summed E-state index contributed by atoms with van der Waals surface area (Å²) in [5.74, 6) is -0.277. The van der Waals surface area contributed by atoms with Crippen LogP contribution in [0.2, 0.25) is 5.15 Å². The predicted octanol–water partition coefficient (Wildman–Crippen LogP) is 1.75. The van der Waals surface area contributed by atoms with Crippen LogP contribution >= 0.6 is 26.8 Å². The monoisotopic (exact) mass is 576 g/mol. The Kier molecular flexibility index (Phi) is 7.22. The van der Waals surface area contributed by atoms with Crippen molar-refractivity contribution in [2.45, 2.75) is 43.8 Å². The van der Waals surface area contributed by atoms with Crippen LogP contribution < -0.4 is 4.90 Å². The van der Waals surface area contributed by atoms with Crippen LogP contribution in [0.1, 0.15) is 31.1 Å². The lowest BCUT2D eigenvalue weighted by Crippen LogP contribution is -2.33. The number of ether oxygens (including phenoxy) is 1. The van der Waals surface area contributed by atoms with Crippen LogP contribution in [0, 0.1) is 23.2 Å². The number of halogens is 1. The van der Waals surface area contributed by atoms with Gasteiger partial charge in [0.2, 0.25) is 0 Å². The molecule has 7 atom stereocenters. The van der Waals surface area contributed by atoms with Crippen LogP contribution in [-0.2, 0) is 18.4 Å². The third kappa shape index (κ3) is 5.21. The van der Waals surface area contributed by atoms with Gasteiger partial charge in [-0.15, -0.1) is 0 Å². The van der Waals surface area contributed by atoms with Gasteiger partial charge in [-0.05, 0) is 30.7 Å². The number of aliphatic hydroxyl groups is 2. The molecule has 2 aliphatic heterocycles. The summed E-state index contributed by atoms with van der Waals surface area (Å²) in [5, 5.41) is 31.7. The summed E-state index contributed by atoms with van der Waals surface area (Å²) in [4.78, 5) is 34.1. The molecule has 5 N–H and O–H groups in total. The van der Waals surface area contributed by atoms with E-state index in [4.69, 9.17) is 30.6 Å². The summed E-state index contributed by atoms with van der Waals surface area (Å²) >= 11 is 6.42. The molecule has 4 heterocycles. The molecule has 0 bridgehead atoms. The van der Waals surface area contributed by atoms with Crippen molar-refractivity contribution in [2.75, 3.05) is 30.5 Å². The van der Waals surface area contributed by atoms with Crippen LogP contribution in [0.3, 0.4) is 0 Å². The topological polar surface area (TPSA) is 199 Å². The normalized spacial score (nSPS) is 31.5. The van der Waals surface area contributed by atoms with E-state index in [-0.39, 0.29) is 10.7 Å². The standard InChI is InChI=1S/C21H27ClN4O9P2/c22-19-14(6-23)16(25-7-11-2-1-3-12(11)8-25)13-4-5-26(20(13)24-19)21-18(28)17(27)15(35-21)9-34-37(32,33)10-36(29,30)31/h4-5,11-12,15,17-18,21,27-28H,1-3,7-10H2,(H,32,33)(H2,29,30,31)/t11?,12?,15-,17-,18-,21-/m1/s1. The minimum atomic E-state index is -4.83. The van der Waals surface area contributed by atoms with Crippen molar-refractivity contribution in [1.29, 1.82) is 5.26 Å². The highest BCUT2D eigenvalue weighted by Crippen LogP contribution is 2.55. The Morgan fingerprint density at radius 2 is 1.86 bits per heavy atom. The fourth-order valence-electron chi connectivity index (χ4n) is 5.73. The number of anilines is 1. The van der Waals surface area contributed by atoms with Gasteiger partial charge in [0, 0.05) is 24.7 Å². The Labute approximate surface area is 216 Å².